The molecule has 3 aromatic rings. The fourth-order valence-corrected chi connectivity index (χ4v) is 2.29. The molecule has 5 nitrogen and oxygen atoms in total. The maximum absolute atomic E-state index is 12.9. The molecular weight excluding hydrogens is 306 g/mol. The third kappa shape index (κ3) is 2.15. The number of nitrogens with zero attached hydrogens (tertiary/aromatic N) is 2. The molecular formula is C13H7ClF2N2O3. The zero-order valence-electron chi connectivity index (χ0n) is 10.3. The number of fused-ring (bicyclic) bond motifs is 1. The molecule has 3 rings (SSSR count). The van der Waals surface area contributed by atoms with Gasteiger partial charge in [0.1, 0.15) is 5.15 Å². The first-order valence-corrected chi connectivity index (χ1v) is 6.14. The van der Waals surface area contributed by atoms with Crippen LogP contribution in [-0.4, -0.2) is 20.8 Å². The van der Waals surface area contributed by atoms with Crippen LogP contribution in [0.2, 0.25) is 5.15 Å². The molecule has 0 amide bonds. The van der Waals surface area contributed by atoms with E-state index in [1.807, 2.05) is 0 Å². The highest BCUT2D eigenvalue weighted by Crippen LogP contribution is 2.35. The van der Waals surface area contributed by atoms with E-state index < -0.39 is 18.3 Å². The molecule has 0 aliphatic carbocycles. The Kier molecular flexibility index (Phi) is 3.13. The molecule has 1 N–H and O–H groups in total. The normalized spacial score (nSPS) is 11.4. The summed E-state index contributed by atoms with van der Waals surface area (Å²) in [5.41, 5.74) is 0.129. The predicted octanol–water partition coefficient (Wildman–Crippen LogP) is 4.41. The predicted molar refractivity (Wildman–Crippen MR) is 70.8 cm³/mol. The van der Waals surface area contributed by atoms with Crippen LogP contribution in [0, 0.1) is 0 Å². The average molecular weight is 313 g/mol. The zero-order chi connectivity index (χ0) is 15.1. The van der Waals surface area contributed by atoms with Crippen LogP contribution in [0.5, 0.6) is 0 Å². The van der Waals surface area contributed by atoms with Crippen molar-refractivity contribution in [2.24, 2.45) is 0 Å². The highest BCUT2D eigenvalue weighted by molar-refractivity contribution is 6.29. The summed E-state index contributed by atoms with van der Waals surface area (Å²) in [4.78, 5) is 15.4. The van der Waals surface area contributed by atoms with Crippen LogP contribution < -0.4 is 0 Å². The summed E-state index contributed by atoms with van der Waals surface area (Å²) in [5.74, 6) is -0.591. The SMILES string of the molecule is O=C(O)n1c(-c2ccoc2C(F)F)cc2ccc(Cl)nc21. The van der Waals surface area contributed by atoms with Crippen molar-refractivity contribution in [3.8, 4) is 11.3 Å². The lowest BCUT2D eigenvalue weighted by molar-refractivity contribution is 0.122. The largest absolute Gasteiger partial charge is 0.464 e. The number of halogens is 3. The van der Waals surface area contributed by atoms with E-state index in [-0.39, 0.29) is 22.1 Å². The van der Waals surface area contributed by atoms with E-state index in [1.54, 1.807) is 6.07 Å². The topological polar surface area (TPSA) is 68.3 Å². The van der Waals surface area contributed by atoms with Gasteiger partial charge < -0.3 is 9.52 Å². The van der Waals surface area contributed by atoms with Crippen molar-refractivity contribution >= 4 is 28.7 Å². The summed E-state index contributed by atoms with van der Waals surface area (Å²) in [6.07, 6.45) is -3.12. The number of carbonyl (C=O) groups is 1. The first-order chi connectivity index (χ1) is 9.99. The number of alkyl halides is 2. The van der Waals surface area contributed by atoms with Crippen LogP contribution in [0.25, 0.3) is 22.3 Å². The molecule has 0 aliphatic heterocycles. The van der Waals surface area contributed by atoms with Crippen LogP contribution in [0.15, 0.2) is 34.9 Å². The Morgan fingerprint density at radius 3 is 2.81 bits per heavy atom. The monoisotopic (exact) mass is 312 g/mol. The Morgan fingerprint density at radius 2 is 2.14 bits per heavy atom. The second-order valence-corrected chi connectivity index (χ2v) is 4.58. The van der Waals surface area contributed by atoms with E-state index in [0.717, 1.165) is 10.8 Å². The zero-order valence-corrected chi connectivity index (χ0v) is 11.0. The molecule has 0 bridgehead atoms. The van der Waals surface area contributed by atoms with E-state index >= 15 is 0 Å². The molecule has 108 valence electrons. The van der Waals surface area contributed by atoms with Gasteiger partial charge in [0, 0.05) is 10.9 Å². The summed E-state index contributed by atoms with van der Waals surface area (Å²) in [6, 6.07) is 5.79. The summed E-state index contributed by atoms with van der Waals surface area (Å²) in [5, 5.41) is 9.91. The van der Waals surface area contributed by atoms with E-state index in [9.17, 15) is 18.7 Å². The quantitative estimate of drug-likeness (QED) is 0.711. The van der Waals surface area contributed by atoms with Crippen molar-refractivity contribution in [3.63, 3.8) is 0 Å². The molecule has 21 heavy (non-hydrogen) atoms. The number of rotatable bonds is 2. The van der Waals surface area contributed by atoms with Crippen molar-refractivity contribution in [1.29, 1.82) is 0 Å². The first kappa shape index (κ1) is 13.6. The van der Waals surface area contributed by atoms with E-state index in [4.69, 9.17) is 16.0 Å². The van der Waals surface area contributed by atoms with Gasteiger partial charge in [-0.1, -0.05) is 11.6 Å². The molecule has 0 saturated carbocycles. The molecule has 3 heterocycles. The Bertz CT molecular complexity index is 841. The Labute approximate surface area is 121 Å². The van der Waals surface area contributed by atoms with E-state index in [0.29, 0.717) is 5.39 Å². The Balaban J connectivity index is 2.34. The average Bonchev–Trinajstić information content (AvgIpc) is 3.01. The summed E-state index contributed by atoms with van der Waals surface area (Å²) >= 11 is 5.76. The highest BCUT2D eigenvalue weighted by atomic mass is 35.5. The number of hydrogen-bond donors (Lipinski definition) is 1. The van der Waals surface area contributed by atoms with Crippen molar-refractivity contribution in [2.45, 2.75) is 6.43 Å². The Morgan fingerprint density at radius 1 is 1.38 bits per heavy atom. The maximum Gasteiger partial charge on any atom is 0.417 e. The molecule has 0 aromatic carbocycles. The first-order valence-electron chi connectivity index (χ1n) is 5.76. The van der Waals surface area contributed by atoms with Gasteiger partial charge in [-0.2, -0.15) is 0 Å². The van der Waals surface area contributed by atoms with Gasteiger partial charge in [-0.25, -0.2) is 23.1 Å². The van der Waals surface area contributed by atoms with Gasteiger partial charge >= 0.3 is 6.09 Å². The Hall–Kier alpha value is -2.41. The van der Waals surface area contributed by atoms with Crippen molar-refractivity contribution in [1.82, 2.24) is 9.55 Å². The molecule has 0 atom stereocenters. The van der Waals surface area contributed by atoms with Gasteiger partial charge in [-0.05, 0) is 24.3 Å². The minimum absolute atomic E-state index is 0.00141. The third-order valence-corrected chi connectivity index (χ3v) is 3.19. The van der Waals surface area contributed by atoms with Gasteiger partial charge in [-0.15, -0.1) is 0 Å². The molecule has 0 fully saturated rings. The molecule has 0 unspecified atom stereocenters. The van der Waals surface area contributed by atoms with Gasteiger partial charge in [0.25, 0.3) is 6.43 Å². The lowest BCUT2D eigenvalue weighted by atomic mass is 10.2. The minimum Gasteiger partial charge on any atom is -0.464 e. The van der Waals surface area contributed by atoms with Gasteiger partial charge in [0.05, 0.1) is 12.0 Å². The van der Waals surface area contributed by atoms with Crippen molar-refractivity contribution < 1.29 is 23.1 Å². The molecule has 0 saturated heterocycles. The number of pyridine rings is 1. The van der Waals surface area contributed by atoms with Crippen LogP contribution in [0.1, 0.15) is 12.2 Å². The molecule has 0 radical (unpaired) electrons. The van der Waals surface area contributed by atoms with Gasteiger partial charge in [0.15, 0.2) is 11.4 Å². The van der Waals surface area contributed by atoms with Crippen LogP contribution in [-0.2, 0) is 0 Å². The molecule has 8 heteroatoms. The number of aromatic nitrogens is 2. The molecule has 0 aliphatic rings. The molecule has 3 aromatic heterocycles. The molecule has 0 spiro atoms. The second-order valence-electron chi connectivity index (χ2n) is 4.19. The lowest BCUT2D eigenvalue weighted by Crippen LogP contribution is -2.10. The van der Waals surface area contributed by atoms with Crippen LogP contribution in [0.4, 0.5) is 13.6 Å². The number of hydrogen-bond acceptors (Lipinski definition) is 3. The van der Waals surface area contributed by atoms with Gasteiger partial charge in [0.2, 0.25) is 0 Å². The van der Waals surface area contributed by atoms with E-state index in [2.05, 4.69) is 4.98 Å². The van der Waals surface area contributed by atoms with E-state index in [1.165, 1.54) is 18.2 Å². The lowest BCUT2D eigenvalue weighted by Gasteiger charge is -2.04. The van der Waals surface area contributed by atoms with Crippen LogP contribution >= 0.6 is 11.6 Å². The second kappa shape index (κ2) is 4.85. The number of carboxylic acid groups (broad SMARTS) is 1. The van der Waals surface area contributed by atoms with Crippen molar-refractivity contribution in [2.75, 3.05) is 0 Å². The summed E-state index contributed by atoms with van der Waals surface area (Å²) < 4.78 is 31.4. The summed E-state index contributed by atoms with van der Waals surface area (Å²) in [7, 11) is 0. The summed E-state index contributed by atoms with van der Waals surface area (Å²) in [6.45, 7) is 0. The third-order valence-electron chi connectivity index (χ3n) is 2.98. The van der Waals surface area contributed by atoms with Gasteiger partial charge in [-0.3, -0.25) is 0 Å². The van der Waals surface area contributed by atoms with Crippen molar-refractivity contribution in [3.05, 3.63) is 41.4 Å². The maximum atomic E-state index is 12.9. The highest BCUT2D eigenvalue weighted by Gasteiger charge is 2.24. The smallest absolute Gasteiger partial charge is 0.417 e. The fraction of sp³-hybridized carbons (Fsp3) is 0.0769. The number of furan rings is 1. The standard InChI is InChI=1S/C13H7ClF2N2O3/c14-9-2-1-6-5-8(18(13(19)20)12(6)17-9)7-3-4-21-10(7)11(15)16/h1-5,11H,(H,19,20). The van der Waals surface area contributed by atoms with Crippen LogP contribution in [0.3, 0.4) is 0 Å². The minimum atomic E-state index is -2.85. The fourth-order valence-electron chi connectivity index (χ4n) is 2.15.